The van der Waals surface area contributed by atoms with Gasteiger partial charge in [-0.2, -0.15) is 4.98 Å². The molecule has 1 aromatic heterocycles. The second kappa shape index (κ2) is 4.65. The van der Waals surface area contributed by atoms with Gasteiger partial charge in [0.05, 0.1) is 13.2 Å². The quantitative estimate of drug-likeness (QED) is 0.800. The maximum absolute atomic E-state index is 5.71. The molecule has 0 unspecified atom stereocenters. The third-order valence-electron chi connectivity index (χ3n) is 2.87. The van der Waals surface area contributed by atoms with E-state index in [1.165, 1.54) is 5.56 Å². The van der Waals surface area contributed by atoms with E-state index in [1.54, 1.807) is 0 Å². The lowest BCUT2D eigenvalue weighted by atomic mass is 10.1. The van der Waals surface area contributed by atoms with Gasteiger partial charge >= 0.3 is 0 Å². The molecular weight excluding hydrogens is 204 g/mol. The molecule has 5 heteroatoms. The van der Waals surface area contributed by atoms with Gasteiger partial charge in [0.1, 0.15) is 5.82 Å². The summed E-state index contributed by atoms with van der Waals surface area (Å²) >= 11 is 0. The first kappa shape index (κ1) is 11.1. The van der Waals surface area contributed by atoms with E-state index in [1.807, 2.05) is 6.92 Å². The molecule has 0 saturated carbocycles. The Morgan fingerprint density at radius 1 is 1.31 bits per heavy atom. The Kier molecular flexibility index (Phi) is 3.24. The van der Waals surface area contributed by atoms with E-state index < -0.39 is 0 Å². The number of anilines is 2. The van der Waals surface area contributed by atoms with Crippen molar-refractivity contribution in [2.24, 2.45) is 0 Å². The molecule has 0 radical (unpaired) electrons. The predicted molar refractivity (Wildman–Crippen MR) is 63.6 cm³/mol. The zero-order valence-electron chi connectivity index (χ0n) is 9.86. The van der Waals surface area contributed by atoms with Gasteiger partial charge in [0.15, 0.2) is 0 Å². The Labute approximate surface area is 95.6 Å². The maximum Gasteiger partial charge on any atom is 0.222 e. The lowest BCUT2D eigenvalue weighted by molar-refractivity contribution is 0.122. The van der Waals surface area contributed by atoms with Crippen LogP contribution in [0.5, 0.6) is 0 Å². The van der Waals surface area contributed by atoms with Gasteiger partial charge in [-0.25, -0.2) is 4.98 Å². The number of hydrogen-bond acceptors (Lipinski definition) is 5. The molecule has 2 heterocycles. The first-order chi connectivity index (χ1) is 7.72. The van der Waals surface area contributed by atoms with Crippen LogP contribution in [0.4, 0.5) is 11.8 Å². The zero-order chi connectivity index (χ0) is 11.5. The van der Waals surface area contributed by atoms with Crippen LogP contribution in [-0.4, -0.2) is 36.3 Å². The van der Waals surface area contributed by atoms with E-state index in [0.717, 1.165) is 44.2 Å². The molecule has 1 aliphatic rings. The van der Waals surface area contributed by atoms with Crippen molar-refractivity contribution in [2.45, 2.75) is 20.3 Å². The second-order valence-electron chi connectivity index (χ2n) is 3.92. The molecule has 1 fully saturated rings. The highest BCUT2D eigenvalue weighted by atomic mass is 16.5. The molecule has 2 N–H and O–H groups in total. The third kappa shape index (κ3) is 2.09. The summed E-state index contributed by atoms with van der Waals surface area (Å²) in [6.45, 7) is 7.37. The highest BCUT2D eigenvalue weighted by molar-refractivity contribution is 5.52. The molecule has 16 heavy (non-hydrogen) atoms. The standard InChI is InChI=1S/C11H18N4O/c1-3-9-8(2)13-11(12)14-10(9)15-4-6-16-7-5-15/h3-7H2,1-2H3,(H2,12,13,14). The summed E-state index contributed by atoms with van der Waals surface area (Å²) in [5.41, 5.74) is 7.88. The van der Waals surface area contributed by atoms with Gasteiger partial charge < -0.3 is 15.4 Å². The number of rotatable bonds is 2. The lowest BCUT2D eigenvalue weighted by Gasteiger charge is -2.29. The number of nitrogen functional groups attached to an aromatic ring is 1. The molecule has 0 amide bonds. The topological polar surface area (TPSA) is 64.3 Å². The number of ether oxygens (including phenoxy) is 1. The van der Waals surface area contributed by atoms with E-state index in [9.17, 15) is 0 Å². The molecule has 88 valence electrons. The number of aryl methyl sites for hydroxylation is 1. The van der Waals surface area contributed by atoms with E-state index in [0.29, 0.717) is 5.95 Å². The molecular formula is C11H18N4O. The van der Waals surface area contributed by atoms with Crippen LogP contribution in [0.15, 0.2) is 0 Å². The fourth-order valence-electron chi connectivity index (χ4n) is 2.05. The Morgan fingerprint density at radius 3 is 2.62 bits per heavy atom. The van der Waals surface area contributed by atoms with Crippen LogP contribution < -0.4 is 10.6 Å². The highest BCUT2D eigenvalue weighted by Crippen LogP contribution is 2.22. The minimum atomic E-state index is 0.358. The van der Waals surface area contributed by atoms with Crippen LogP contribution in [-0.2, 0) is 11.2 Å². The molecule has 0 aliphatic carbocycles. The van der Waals surface area contributed by atoms with Crippen LogP contribution in [0, 0.1) is 6.92 Å². The number of morpholine rings is 1. The van der Waals surface area contributed by atoms with Crippen LogP contribution in [0.3, 0.4) is 0 Å². The third-order valence-corrected chi connectivity index (χ3v) is 2.87. The van der Waals surface area contributed by atoms with Crippen molar-refractivity contribution in [3.05, 3.63) is 11.3 Å². The molecule has 1 aliphatic heterocycles. The zero-order valence-corrected chi connectivity index (χ0v) is 9.86. The van der Waals surface area contributed by atoms with E-state index in [-0.39, 0.29) is 0 Å². The van der Waals surface area contributed by atoms with Gasteiger partial charge in [-0.3, -0.25) is 0 Å². The van der Waals surface area contributed by atoms with Crippen LogP contribution in [0.2, 0.25) is 0 Å². The summed E-state index contributed by atoms with van der Waals surface area (Å²) in [5, 5.41) is 0. The van der Waals surface area contributed by atoms with E-state index in [2.05, 4.69) is 21.8 Å². The molecule has 0 spiro atoms. The number of nitrogens with two attached hydrogens (primary N) is 1. The van der Waals surface area contributed by atoms with Crippen LogP contribution in [0.25, 0.3) is 0 Å². The molecule has 0 aromatic carbocycles. The van der Waals surface area contributed by atoms with Gasteiger partial charge in [0.25, 0.3) is 0 Å². The summed E-state index contributed by atoms with van der Waals surface area (Å²) < 4.78 is 5.34. The maximum atomic E-state index is 5.71. The number of nitrogens with zero attached hydrogens (tertiary/aromatic N) is 3. The molecule has 1 saturated heterocycles. The van der Waals surface area contributed by atoms with Crippen molar-refractivity contribution in [1.29, 1.82) is 0 Å². The SMILES string of the molecule is CCc1c(C)nc(N)nc1N1CCOCC1. The van der Waals surface area contributed by atoms with Gasteiger partial charge in [0, 0.05) is 24.3 Å². The van der Waals surface area contributed by atoms with Gasteiger partial charge in [0.2, 0.25) is 5.95 Å². The Hall–Kier alpha value is -1.36. The van der Waals surface area contributed by atoms with Crippen molar-refractivity contribution >= 4 is 11.8 Å². The highest BCUT2D eigenvalue weighted by Gasteiger charge is 2.18. The normalized spacial score (nSPS) is 16.5. The Balaban J connectivity index is 2.36. The van der Waals surface area contributed by atoms with Crippen molar-refractivity contribution in [1.82, 2.24) is 9.97 Å². The fourth-order valence-corrected chi connectivity index (χ4v) is 2.05. The van der Waals surface area contributed by atoms with Crippen LogP contribution >= 0.6 is 0 Å². The second-order valence-corrected chi connectivity index (χ2v) is 3.92. The van der Waals surface area contributed by atoms with Crippen molar-refractivity contribution in [2.75, 3.05) is 36.9 Å². The average Bonchev–Trinajstić information content (AvgIpc) is 2.29. The van der Waals surface area contributed by atoms with Crippen LogP contribution in [0.1, 0.15) is 18.2 Å². The summed E-state index contributed by atoms with van der Waals surface area (Å²) in [4.78, 5) is 10.8. The largest absolute Gasteiger partial charge is 0.378 e. The molecule has 0 bridgehead atoms. The van der Waals surface area contributed by atoms with Crippen molar-refractivity contribution in [3.63, 3.8) is 0 Å². The number of aromatic nitrogens is 2. The smallest absolute Gasteiger partial charge is 0.222 e. The van der Waals surface area contributed by atoms with Gasteiger partial charge in [-0.15, -0.1) is 0 Å². The summed E-state index contributed by atoms with van der Waals surface area (Å²) in [5.74, 6) is 1.34. The minimum absolute atomic E-state index is 0.358. The molecule has 5 nitrogen and oxygen atoms in total. The average molecular weight is 222 g/mol. The summed E-state index contributed by atoms with van der Waals surface area (Å²) in [6.07, 6.45) is 0.929. The summed E-state index contributed by atoms with van der Waals surface area (Å²) in [6, 6.07) is 0. The minimum Gasteiger partial charge on any atom is -0.378 e. The van der Waals surface area contributed by atoms with Gasteiger partial charge in [-0.1, -0.05) is 6.92 Å². The fraction of sp³-hybridized carbons (Fsp3) is 0.636. The predicted octanol–water partition coefficient (Wildman–Crippen LogP) is 0.766. The first-order valence-corrected chi connectivity index (χ1v) is 5.68. The molecule has 0 atom stereocenters. The molecule has 1 aromatic rings. The Morgan fingerprint density at radius 2 is 2.00 bits per heavy atom. The first-order valence-electron chi connectivity index (χ1n) is 5.68. The number of hydrogen-bond donors (Lipinski definition) is 1. The van der Waals surface area contributed by atoms with Crippen molar-refractivity contribution < 1.29 is 4.74 Å². The summed E-state index contributed by atoms with van der Waals surface area (Å²) in [7, 11) is 0. The van der Waals surface area contributed by atoms with Crippen molar-refractivity contribution in [3.8, 4) is 0 Å². The lowest BCUT2D eigenvalue weighted by Crippen LogP contribution is -2.37. The van der Waals surface area contributed by atoms with E-state index >= 15 is 0 Å². The molecule has 2 rings (SSSR count). The van der Waals surface area contributed by atoms with E-state index in [4.69, 9.17) is 10.5 Å². The van der Waals surface area contributed by atoms with Gasteiger partial charge in [-0.05, 0) is 13.3 Å². The Bertz CT molecular complexity index is 374. The monoisotopic (exact) mass is 222 g/mol.